The van der Waals surface area contributed by atoms with Crippen LogP contribution in [-0.2, 0) is 0 Å². The van der Waals surface area contributed by atoms with Gasteiger partial charge in [-0.3, -0.25) is 4.79 Å². The number of carbonyl (C=O) groups excluding carboxylic acids is 1. The molecule has 0 aliphatic carbocycles. The molecule has 120 valence electrons. The highest BCUT2D eigenvalue weighted by Crippen LogP contribution is 2.32. The van der Waals surface area contributed by atoms with E-state index >= 15 is 0 Å². The number of anilines is 1. The summed E-state index contributed by atoms with van der Waals surface area (Å²) in [5.41, 5.74) is 2.97. The molecule has 0 unspecified atom stereocenters. The summed E-state index contributed by atoms with van der Waals surface area (Å²) in [4.78, 5) is 22.2. The highest BCUT2D eigenvalue weighted by atomic mass is 16.1. The van der Waals surface area contributed by atoms with E-state index in [0.29, 0.717) is 11.5 Å². The Hall–Kier alpha value is -2.75. The molecule has 0 amide bonds. The number of aldehydes is 1. The summed E-state index contributed by atoms with van der Waals surface area (Å²) < 4.78 is 0. The molecule has 0 atom stereocenters. The summed E-state index contributed by atoms with van der Waals surface area (Å²) in [6.45, 7) is 1.94. The molecule has 4 nitrogen and oxygen atoms in total. The standard InChI is InChI=1S/C20H19N3O/c24-13-15-6-7-19-18(12-15)20(22-14-21-19)23-10-8-17(9-11-23)16-4-2-1-3-5-16/h1-7,12-14,17H,8-11H2. The third-order valence-electron chi connectivity index (χ3n) is 4.84. The molecular formula is C20H19N3O. The minimum atomic E-state index is 0.612. The number of piperidine rings is 1. The van der Waals surface area contributed by atoms with Crippen molar-refractivity contribution in [1.29, 1.82) is 0 Å². The van der Waals surface area contributed by atoms with Gasteiger partial charge in [-0.2, -0.15) is 0 Å². The van der Waals surface area contributed by atoms with E-state index < -0.39 is 0 Å². The smallest absolute Gasteiger partial charge is 0.150 e. The van der Waals surface area contributed by atoms with Crippen molar-refractivity contribution in [2.75, 3.05) is 18.0 Å². The predicted molar refractivity (Wildman–Crippen MR) is 95.6 cm³/mol. The van der Waals surface area contributed by atoms with E-state index in [2.05, 4.69) is 45.2 Å². The van der Waals surface area contributed by atoms with Crippen molar-refractivity contribution >= 4 is 23.0 Å². The van der Waals surface area contributed by atoms with E-state index in [9.17, 15) is 4.79 Å². The van der Waals surface area contributed by atoms with Gasteiger partial charge in [0.25, 0.3) is 0 Å². The number of benzene rings is 2. The van der Waals surface area contributed by atoms with Crippen LogP contribution in [-0.4, -0.2) is 29.3 Å². The Morgan fingerprint density at radius 3 is 2.54 bits per heavy atom. The van der Waals surface area contributed by atoms with E-state index in [1.807, 2.05) is 12.1 Å². The van der Waals surface area contributed by atoms with E-state index in [1.165, 1.54) is 5.56 Å². The topological polar surface area (TPSA) is 46.1 Å². The Morgan fingerprint density at radius 1 is 1.00 bits per heavy atom. The van der Waals surface area contributed by atoms with Crippen LogP contribution in [0.2, 0.25) is 0 Å². The van der Waals surface area contributed by atoms with Crippen molar-refractivity contribution < 1.29 is 4.79 Å². The molecule has 4 heteroatoms. The van der Waals surface area contributed by atoms with Crippen LogP contribution >= 0.6 is 0 Å². The lowest BCUT2D eigenvalue weighted by Crippen LogP contribution is -2.33. The van der Waals surface area contributed by atoms with Crippen LogP contribution in [0.5, 0.6) is 0 Å². The molecule has 1 aliphatic heterocycles. The summed E-state index contributed by atoms with van der Waals surface area (Å²) in [5, 5.41) is 0.959. The zero-order chi connectivity index (χ0) is 16.4. The number of aromatic nitrogens is 2. The highest BCUT2D eigenvalue weighted by molar-refractivity contribution is 5.93. The predicted octanol–water partition coefficient (Wildman–Crippen LogP) is 3.83. The first kappa shape index (κ1) is 14.8. The van der Waals surface area contributed by atoms with Gasteiger partial charge in [0.1, 0.15) is 18.4 Å². The van der Waals surface area contributed by atoms with Gasteiger partial charge < -0.3 is 4.90 Å². The lowest BCUT2D eigenvalue weighted by atomic mass is 9.89. The Bertz CT molecular complexity index is 855. The number of fused-ring (bicyclic) bond motifs is 1. The minimum Gasteiger partial charge on any atom is -0.356 e. The molecule has 0 saturated carbocycles. The third-order valence-corrected chi connectivity index (χ3v) is 4.84. The molecule has 24 heavy (non-hydrogen) atoms. The van der Waals surface area contributed by atoms with Crippen LogP contribution in [0.15, 0.2) is 54.9 Å². The summed E-state index contributed by atoms with van der Waals surface area (Å²) in [6.07, 6.45) is 4.71. The Kier molecular flexibility index (Phi) is 3.95. The molecule has 0 radical (unpaired) electrons. The normalized spacial score (nSPS) is 15.6. The molecule has 1 aliphatic rings. The van der Waals surface area contributed by atoms with Crippen molar-refractivity contribution in [2.24, 2.45) is 0 Å². The number of nitrogens with zero attached hydrogens (tertiary/aromatic N) is 3. The van der Waals surface area contributed by atoms with E-state index in [1.54, 1.807) is 12.4 Å². The average Bonchev–Trinajstić information content (AvgIpc) is 2.68. The van der Waals surface area contributed by atoms with Crippen LogP contribution in [0.1, 0.15) is 34.7 Å². The largest absolute Gasteiger partial charge is 0.356 e. The molecular weight excluding hydrogens is 298 g/mol. The third kappa shape index (κ3) is 2.75. The van der Waals surface area contributed by atoms with Crippen LogP contribution < -0.4 is 4.90 Å². The zero-order valence-electron chi connectivity index (χ0n) is 13.4. The average molecular weight is 317 g/mol. The quantitative estimate of drug-likeness (QED) is 0.689. The minimum absolute atomic E-state index is 0.612. The van der Waals surface area contributed by atoms with Crippen molar-refractivity contribution in [2.45, 2.75) is 18.8 Å². The van der Waals surface area contributed by atoms with Crippen LogP contribution in [0.4, 0.5) is 5.82 Å². The van der Waals surface area contributed by atoms with Crippen LogP contribution in [0.25, 0.3) is 10.9 Å². The van der Waals surface area contributed by atoms with Gasteiger partial charge in [0, 0.05) is 24.0 Å². The SMILES string of the molecule is O=Cc1ccc2ncnc(N3CCC(c4ccccc4)CC3)c2c1. The van der Waals surface area contributed by atoms with E-state index in [0.717, 1.165) is 48.9 Å². The summed E-state index contributed by atoms with van der Waals surface area (Å²) in [7, 11) is 0. The molecule has 1 aromatic heterocycles. The van der Waals surface area contributed by atoms with Crippen LogP contribution in [0.3, 0.4) is 0 Å². The van der Waals surface area contributed by atoms with Gasteiger partial charge in [0.05, 0.1) is 5.52 Å². The van der Waals surface area contributed by atoms with Crippen LogP contribution in [0, 0.1) is 0 Å². The molecule has 3 aromatic rings. The Balaban J connectivity index is 1.59. The number of rotatable bonds is 3. The van der Waals surface area contributed by atoms with Crippen molar-refractivity contribution in [3.8, 4) is 0 Å². The molecule has 0 spiro atoms. The fourth-order valence-electron chi connectivity index (χ4n) is 3.54. The summed E-state index contributed by atoms with van der Waals surface area (Å²) in [6, 6.07) is 16.3. The van der Waals surface area contributed by atoms with Crippen molar-refractivity contribution in [1.82, 2.24) is 9.97 Å². The zero-order valence-corrected chi connectivity index (χ0v) is 13.4. The van der Waals surface area contributed by atoms with E-state index in [4.69, 9.17) is 0 Å². The van der Waals surface area contributed by atoms with Crippen molar-refractivity contribution in [3.05, 3.63) is 66.0 Å². The van der Waals surface area contributed by atoms with Gasteiger partial charge in [0.15, 0.2) is 0 Å². The first-order chi connectivity index (χ1) is 11.8. The van der Waals surface area contributed by atoms with E-state index in [-0.39, 0.29) is 0 Å². The first-order valence-electron chi connectivity index (χ1n) is 8.35. The Labute approximate surface area is 141 Å². The van der Waals surface area contributed by atoms with Gasteiger partial charge in [-0.15, -0.1) is 0 Å². The monoisotopic (exact) mass is 317 g/mol. The lowest BCUT2D eigenvalue weighted by Gasteiger charge is -2.33. The van der Waals surface area contributed by atoms with Gasteiger partial charge in [0.2, 0.25) is 0 Å². The van der Waals surface area contributed by atoms with Gasteiger partial charge in [-0.25, -0.2) is 9.97 Å². The highest BCUT2D eigenvalue weighted by Gasteiger charge is 2.22. The second-order valence-corrected chi connectivity index (χ2v) is 6.26. The molecule has 1 saturated heterocycles. The summed E-state index contributed by atoms with van der Waals surface area (Å²) in [5.74, 6) is 1.55. The maximum atomic E-state index is 11.1. The van der Waals surface area contributed by atoms with Crippen molar-refractivity contribution in [3.63, 3.8) is 0 Å². The lowest BCUT2D eigenvalue weighted by molar-refractivity contribution is 0.112. The molecule has 0 bridgehead atoms. The second-order valence-electron chi connectivity index (χ2n) is 6.26. The number of carbonyl (C=O) groups is 1. The molecule has 1 fully saturated rings. The number of hydrogen-bond donors (Lipinski definition) is 0. The first-order valence-corrected chi connectivity index (χ1v) is 8.35. The maximum Gasteiger partial charge on any atom is 0.150 e. The Morgan fingerprint density at radius 2 is 1.79 bits per heavy atom. The van der Waals surface area contributed by atoms with Gasteiger partial charge in [-0.1, -0.05) is 30.3 Å². The van der Waals surface area contributed by atoms with Gasteiger partial charge in [-0.05, 0) is 42.5 Å². The fourth-order valence-corrected chi connectivity index (χ4v) is 3.54. The molecule has 0 N–H and O–H groups in total. The molecule has 2 heterocycles. The summed E-state index contributed by atoms with van der Waals surface area (Å²) >= 11 is 0. The maximum absolute atomic E-state index is 11.1. The molecule has 2 aromatic carbocycles. The fraction of sp³-hybridized carbons (Fsp3) is 0.250. The number of hydrogen-bond acceptors (Lipinski definition) is 4. The van der Waals surface area contributed by atoms with Gasteiger partial charge >= 0.3 is 0 Å². The second kappa shape index (κ2) is 6.40. The molecule has 4 rings (SSSR count).